The quantitative estimate of drug-likeness (QED) is 0.571. The van der Waals surface area contributed by atoms with Crippen molar-refractivity contribution in [3.05, 3.63) is 70.7 Å². The van der Waals surface area contributed by atoms with Gasteiger partial charge in [0.25, 0.3) is 15.9 Å². The highest BCUT2D eigenvalue weighted by atomic mass is 35.5. The predicted molar refractivity (Wildman–Crippen MR) is 111 cm³/mol. The maximum atomic E-state index is 12.5. The molecule has 3 aromatic rings. The Morgan fingerprint density at radius 2 is 1.90 bits per heavy atom. The molecule has 29 heavy (non-hydrogen) atoms. The first-order valence-electron chi connectivity index (χ1n) is 8.46. The summed E-state index contributed by atoms with van der Waals surface area (Å²) in [5, 5.41) is 7.14. The number of carbonyl (C=O) groups excluding carboxylic acids is 1. The molecular formula is C18H17Cl2N5O3S. The predicted octanol–water partition coefficient (Wildman–Crippen LogP) is 3.20. The van der Waals surface area contributed by atoms with Crippen LogP contribution in [0.1, 0.15) is 17.3 Å². The molecule has 0 saturated carbocycles. The summed E-state index contributed by atoms with van der Waals surface area (Å²) in [6.07, 6.45) is 2.99. The number of benzene rings is 2. The van der Waals surface area contributed by atoms with Crippen LogP contribution in [0.3, 0.4) is 0 Å². The van der Waals surface area contributed by atoms with Gasteiger partial charge in [-0.15, -0.1) is 0 Å². The summed E-state index contributed by atoms with van der Waals surface area (Å²) in [6, 6.07) is 10.0. The van der Waals surface area contributed by atoms with Gasteiger partial charge in [-0.25, -0.2) is 13.4 Å². The summed E-state index contributed by atoms with van der Waals surface area (Å²) in [5.74, 6) is -0.287. The van der Waals surface area contributed by atoms with Crippen molar-refractivity contribution < 1.29 is 13.2 Å². The number of nitrogens with one attached hydrogen (secondary N) is 2. The molecule has 0 aliphatic heterocycles. The third kappa shape index (κ3) is 5.47. The maximum absolute atomic E-state index is 12.5. The minimum Gasteiger partial charge on any atom is -0.348 e. The van der Waals surface area contributed by atoms with E-state index >= 15 is 0 Å². The first-order valence-corrected chi connectivity index (χ1v) is 10.7. The Kier molecular flexibility index (Phi) is 6.41. The minimum absolute atomic E-state index is 0.0549. The SMILES string of the molecule is CC(Cn1cncn1)NC(=O)c1ccc(NS(=O)(=O)c2cc(Cl)ccc2Cl)cc1. The van der Waals surface area contributed by atoms with E-state index in [1.54, 1.807) is 11.0 Å². The van der Waals surface area contributed by atoms with Gasteiger partial charge < -0.3 is 5.32 Å². The standard InChI is InChI=1S/C18H17Cl2N5O3S/c1-12(9-25-11-21-10-22-25)23-18(26)13-2-5-15(6-3-13)24-29(27,28)17-8-14(19)4-7-16(17)20/h2-8,10-12,24H,9H2,1H3,(H,23,26). The zero-order valence-electron chi connectivity index (χ0n) is 15.2. The average Bonchev–Trinajstić information content (AvgIpc) is 3.16. The summed E-state index contributed by atoms with van der Waals surface area (Å²) in [5.41, 5.74) is 0.674. The lowest BCUT2D eigenvalue weighted by molar-refractivity contribution is 0.0936. The topological polar surface area (TPSA) is 106 Å². The highest BCUT2D eigenvalue weighted by Gasteiger charge is 2.19. The Morgan fingerprint density at radius 3 is 2.55 bits per heavy atom. The van der Waals surface area contributed by atoms with Crippen LogP contribution in [0.4, 0.5) is 5.69 Å². The number of aromatic nitrogens is 3. The number of carbonyl (C=O) groups is 1. The van der Waals surface area contributed by atoms with Crippen molar-refractivity contribution >= 4 is 44.8 Å². The Hall–Kier alpha value is -2.62. The number of halogens is 2. The lowest BCUT2D eigenvalue weighted by Crippen LogP contribution is -2.35. The molecule has 2 aromatic carbocycles. The maximum Gasteiger partial charge on any atom is 0.263 e. The molecule has 1 atom stereocenters. The molecule has 2 N–H and O–H groups in total. The molecule has 1 unspecified atom stereocenters. The normalized spacial score (nSPS) is 12.4. The van der Waals surface area contributed by atoms with Crippen molar-refractivity contribution in [1.82, 2.24) is 20.1 Å². The van der Waals surface area contributed by atoms with Gasteiger partial charge in [-0.3, -0.25) is 14.2 Å². The van der Waals surface area contributed by atoms with Crippen LogP contribution in [-0.4, -0.2) is 35.1 Å². The molecule has 152 valence electrons. The van der Waals surface area contributed by atoms with Gasteiger partial charge in [-0.2, -0.15) is 5.10 Å². The number of nitrogens with zero attached hydrogens (tertiary/aromatic N) is 3. The van der Waals surface area contributed by atoms with Crippen molar-refractivity contribution in [3.8, 4) is 0 Å². The highest BCUT2D eigenvalue weighted by molar-refractivity contribution is 7.92. The number of sulfonamides is 1. The summed E-state index contributed by atoms with van der Waals surface area (Å²) in [6.45, 7) is 2.32. The van der Waals surface area contributed by atoms with Gasteiger partial charge in [0.15, 0.2) is 0 Å². The summed E-state index contributed by atoms with van der Waals surface area (Å²) < 4.78 is 29.1. The van der Waals surface area contributed by atoms with Gasteiger partial charge in [-0.1, -0.05) is 23.2 Å². The molecular weight excluding hydrogens is 437 g/mol. The Bertz CT molecular complexity index is 1100. The summed E-state index contributed by atoms with van der Waals surface area (Å²) in [4.78, 5) is 16.1. The van der Waals surface area contributed by atoms with Crippen molar-refractivity contribution in [1.29, 1.82) is 0 Å². The van der Waals surface area contributed by atoms with Crippen molar-refractivity contribution in [3.63, 3.8) is 0 Å². The van der Waals surface area contributed by atoms with Crippen LogP contribution in [0.25, 0.3) is 0 Å². The first-order chi connectivity index (χ1) is 13.7. The second-order valence-corrected chi connectivity index (χ2v) is 8.74. The average molecular weight is 454 g/mol. The van der Waals surface area contributed by atoms with Crippen molar-refractivity contribution in [2.75, 3.05) is 4.72 Å². The van der Waals surface area contributed by atoms with E-state index in [0.29, 0.717) is 12.1 Å². The zero-order valence-corrected chi connectivity index (χ0v) is 17.5. The molecule has 0 fully saturated rings. The van der Waals surface area contributed by atoms with Crippen LogP contribution in [0, 0.1) is 0 Å². The van der Waals surface area contributed by atoms with E-state index in [2.05, 4.69) is 20.1 Å². The van der Waals surface area contributed by atoms with Crippen LogP contribution in [0.2, 0.25) is 10.0 Å². The van der Waals surface area contributed by atoms with E-state index in [1.165, 1.54) is 48.8 Å². The molecule has 11 heteroatoms. The molecule has 1 heterocycles. The fourth-order valence-corrected chi connectivity index (χ4v) is 4.37. The van der Waals surface area contributed by atoms with E-state index in [9.17, 15) is 13.2 Å². The fourth-order valence-electron chi connectivity index (χ4n) is 2.54. The van der Waals surface area contributed by atoms with E-state index in [0.717, 1.165) is 0 Å². The van der Waals surface area contributed by atoms with Gasteiger partial charge >= 0.3 is 0 Å². The molecule has 8 nitrogen and oxygen atoms in total. The lowest BCUT2D eigenvalue weighted by Gasteiger charge is -2.14. The van der Waals surface area contributed by atoms with Gasteiger partial charge in [-0.05, 0) is 49.4 Å². The molecule has 3 rings (SSSR count). The van der Waals surface area contributed by atoms with Gasteiger partial charge in [0, 0.05) is 22.3 Å². The molecule has 0 bridgehead atoms. The van der Waals surface area contributed by atoms with Gasteiger partial charge in [0.05, 0.1) is 11.6 Å². The molecule has 0 aliphatic carbocycles. The first kappa shape index (κ1) is 21.1. The largest absolute Gasteiger partial charge is 0.348 e. The van der Waals surface area contributed by atoms with Crippen molar-refractivity contribution in [2.45, 2.75) is 24.4 Å². The molecule has 1 amide bonds. The fraction of sp³-hybridized carbons (Fsp3) is 0.167. The van der Waals surface area contributed by atoms with Gasteiger partial charge in [0.2, 0.25) is 0 Å². The van der Waals surface area contributed by atoms with Crippen LogP contribution in [-0.2, 0) is 16.6 Å². The van der Waals surface area contributed by atoms with Crippen molar-refractivity contribution in [2.24, 2.45) is 0 Å². The second kappa shape index (κ2) is 8.81. The zero-order chi connectivity index (χ0) is 21.0. The Labute approximate surface area is 177 Å². The van der Waals surface area contributed by atoms with Crippen LogP contribution in [0.15, 0.2) is 60.0 Å². The summed E-state index contributed by atoms with van der Waals surface area (Å²) >= 11 is 11.8. The molecule has 0 radical (unpaired) electrons. The van der Waals surface area contributed by atoms with Crippen LogP contribution >= 0.6 is 23.2 Å². The number of amides is 1. The number of hydrogen-bond acceptors (Lipinski definition) is 5. The molecule has 0 saturated heterocycles. The second-order valence-electron chi connectivity index (χ2n) is 6.25. The Morgan fingerprint density at radius 1 is 1.17 bits per heavy atom. The lowest BCUT2D eigenvalue weighted by atomic mass is 10.2. The van der Waals surface area contributed by atoms with E-state index < -0.39 is 10.0 Å². The van der Waals surface area contributed by atoms with E-state index in [1.807, 2.05) is 6.92 Å². The molecule has 1 aromatic heterocycles. The third-order valence-electron chi connectivity index (χ3n) is 3.89. The van der Waals surface area contributed by atoms with Crippen LogP contribution in [0.5, 0.6) is 0 Å². The molecule has 0 aliphatic rings. The Balaban J connectivity index is 1.66. The van der Waals surface area contributed by atoms with E-state index in [4.69, 9.17) is 23.2 Å². The monoisotopic (exact) mass is 453 g/mol. The smallest absolute Gasteiger partial charge is 0.263 e. The minimum atomic E-state index is -3.93. The van der Waals surface area contributed by atoms with Gasteiger partial charge in [0.1, 0.15) is 17.6 Å². The summed E-state index contributed by atoms with van der Waals surface area (Å²) in [7, 11) is -3.93. The third-order valence-corrected chi connectivity index (χ3v) is 5.99. The van der Waals surface area contributed by atoms with E-state index in [-0.39, 0.29) is 32.6 Å². The van der Waals surface area contributed by atoms with Crippen LogP contribution < -0.4 is 10.0 Å². The number of rotatable bonds is 7. The number of hydrogen-bond donors (Lipinski definition) is 2. The molecule has 0 spiro atoms. The highest BCUT2D eigenvalue weighted by Crippen LogP contribution is 2.26. The number of anilines is 1.